The summed E-state index contributed by atoms with van der Waals surface area (Å²) < 4.78 is 5.31. The lowest BCUT2D eigenvalue weighted by atomic mass is 10.1. The van der Waals surface area contributed by atoms with E-state index < -0.39 is 0 Å². The van der Waals surface area contributed by atoms with Crippen LogP contribution in [0, 0.1) is 18.3 Å². The van der Waals surface area contributed by atoms with Crippen LogP contribution in [0.25, 0.3) is 0 Å². The molecule has 1 aliphatic rings. The zero-order valence-corrected chi connectivity index (χ0v) is 10.8. The van der Waals surface area contributed by atoms with Crippen LogP contribution in [0.4, 0.5) is 5.69 Å². The number of nitrogens with zero attached hydrogens (tertiary/aromatic N) is 2. The fourth-order valence-corrected chi connectivity index (χ4v) is 2.08. The van der Waals surface area contributed by atoms with Gasteiger partial charge >= 0.3 is 0 Å². The summed E-state index contributed by atoms with van der Waals surface area (Å²) in [5, 5.41) is 12.4. The molecule has 96 valence electrons. The highest BCUT2D eigenvalue weighted by Crippen LogP contribution is 2.15. The van der Waals surface area contributed by atoms with Gasteiger partial charge in [0.25, 0.3) is 0 Å². The number of morpholine rings is 1. The molecule has 18 heavy (non-hydrogen) atoms. The SMILES string of the molecule is Cc1ccc(NCCN2CCOCC2)c(C#N)c1. The van der Waals surface area contributed by atoms with Crippen molar-refractivity contribution in [3.8, 4) is 6.07 Å². The molecule has 0 unspecified atom stereocenters. The van der Waals surface area contributed by atoms with Crippen LogP contribution in [0.5, 0.6) is 0 Å². The normalized spacial score (nSPS) is 16.2. The van der Waals surface area contributed by atoms with Gasteiger partial charge in [-0.3, -0.25) is 4.90 Å². The second kappa shape index (κ2) is 6.39. The van der Waals surface area contributed by atoms with Crippen LogP contribution < -0.4 is 5.32 Å². The average molecular weight is 245 g/mol. The summed E-state index contributed by atoms with van der Waals surface area (Å²) in [5.41, 5.74) is 2.76. The number of nitrogens with one attached hydrogen (secondary N) is 1. The Kier molecular flexibility index (Phi) is 4.57. The third kappa shape index (κ3) is 3.46. The highest BCUT2D eigenvalue weighted by molar-refractivity contribution is 5.58. The molecular formula is C14H19N3O. The largest absolute Gasteiger partial charge is 0.383 e. The van der Waals surface area contributed by atoms with E-state index >= 15 is 0 Å². The molecule has 0 aliphatic carbocycles. The van der Waals surface area contributed by atoms with Gasteiger partial charge in [0, 0.05) is 26.2 Å². The molecule has 4 nitrogen and oxygen atoms in total. The molecule has 4 heteroatoms. The number of anilines is 1. The molecule has 0 bridgehead atoms. The van der Waals surface area contributed by atoms with E-state index in [0.717, 1.165) is 56.2 Å². The summed E-state index contributed by atoms with van der Waals surface area (Å²) in [7, 11) is 0. The number of benzene rings is 1. The summed E-state index contributed by atoms with van der Waals surface area (Å²) in [6.45, 7) is 7.50. The van der Waals surface area contributed by atoms with Crippen molar-refractivity contribution in [1.29, 1.82) is 5.26 Å². The van der Waals surface area contributed by atoms with Gasteiger partial charge in [-0.25, -0.2) is 0 Å². The van der Waals surface area contributed by atoms with Crippen LogP contribution in [-0.2, 0) is 4.74 Å². The van der Waals surface area contributed by atoms with Crippen LogP contribution >= 0.6 is 0 Å². The van der Waals surface area contributed by atoms with Crippen molar-refractivity contribution in [2.45, 2.75) is 6.92 Å². The van der Waals surface area contributed by atoms with E-state index in [2.05, 4.69) is 16.3 Å². The standard InChI is InChI=1S/C14H19N3O/c1-12-2-3-14(13(10-12)11-15)16-4-5-17-6-8-18-9-7-17/h2-3,10,16H,4-9H2,1H3. The van der Waals surface area contributed by atoms with Crippen LogP contribution in [0.2, 0.25) is 0 Å². The van der Waals surface area contributed by atoms with Crippen molar-refractivity contribution >= 4 is 5.69 Å². The van der Waals surface area contributed by atoms with E-state index in [1.807, 2.05) is 25.1 Å². The Balaban J connectivity index is 1.84. The first-order valence-electron chi connectivity index (χ1n) is 6.34. The molecule has 2 rings (SSSR count). The molecule has 1 N–H and O–H groups in total. The van der Waals surface area contributed by atoms with E-state index in [0.29, 0.717) is 0 Å². The van der Waals surface area contributed by atoms with Gasteiger partial charge in [0.1, 0.15) is 6.07 Å². The zero-order valence-electron chi connectivity index (χ0n) is 10.8. The molecule has 0 aromatic heterocycles. The predicted octanol–water partition coefficient (Wildman–Crippen LogP) is 1.61. The van der Waals surface area contributed by atoms with Crippen molar-refractivity contribution in [1.82, 2.24) is 4.90 Å². The topological polar surface area (TPSA) is 48.3 Å². The quantitative estimate of drug-likeness (QED) is 0.875. The summed E-state index contributed by atoms with van der Waals surface area (Å²) in [6, 6.07) is 8.15. The van der Waals surface area contributed by atoms with Crippen LogP contribution in [0.1, 0.15) is 11.1 Å². The molecule has 1 heterocycles. The molecule has 0 radical (unpaired) electrons. The fourth-order valence-electron chi connectivity index (χ4n) is 2.08. The van der Waals surface area contributed by atoms with E-state index in [9.17, 15) is 0 Å². The van der Waals surface area contributed by atoms with E-state index in [1.165, 1.54) is 0 Å². The van der Waals surface area contributed by atoms with Crippen LogP contribution in [-0.4, -0.2) is 44.3 Å². The Morgan fingerprint density at radius 1 is 1.39 bits per heavy atom. The maximum atomic E-state index is 9.07. The molecular weight excluding hydrogens is 226 g/mol. The first kappa shape index (κ1) is 12.9. The Bertz CT molecular complexity index is 433. The molecule has 1 aromatic rings. The van der Waals surface area contributed by atoms with Crippen molar-refractivity contribution < 1.29 is 4.74 Å². The van der Waals surface area contributed by atoms with Gasteiger partial charge in [0.05, 0.1) is 24.5 Å². The number of hydrogen-bond acceptors (Lipinski definition) is 4. The highest BCUT2D eigenvalue weighted by atomic mass is 16.5. The van der Waals surface area contributed by atoms with Crippen molar-refractivity contribution in [3.63, 3.8) is 0 Å². The first-order chi connectivity index (χ1) is 8.79. The Labute approximate surface area is 108 Å². The Morgan fingerprint density at radius 2 is 2.17 bits per heavy atom. The molecule has 1 aromatic carbocycles. The number of ether oxygens (including phenoxy) is 1. The van der Waals surface area contributed by atoms with Gasteiger partial charge in [-0.15, -0.1) is 0 Å². The summed E-state index contributed by atoms with van der Waals surface area (Å²) in [5.74, 6) is 0. The number of nitriles is 1. The minimum atomic E-state index is 0.719. The predicted molar refractivity (Wildman–Crippen MR) is 71.6 cm³/mol. The van der Waals surface area contributed by atoms with Crippen LogP contribution in [0.3, 0.4) is 0 Å². The van der Waals surface area contributed by atoms with E-state index in [1.54, 1.807) is 0 Å². The lowest BCUT2D eigenvalue weighted by Crippen LogP contribution is -2.39. The fraction of sp³-hybridized carbons (Fsp3) is 0.500. The monoisotopic (exact) mass is 245 g/mol. The molecule has 0 saturated carbocycles. The molecule has 1 fully saturated rings. The van der Waals surface area contributed by atoms with E-state index in [4.69, 9.17) is 10.00 Å². The average Bonchev–Trinajstić information content (AvgIpc) is 2.41. The lowest BCUT2D eigenvalue weighted by Gasteiger charge is -2.26. The van der Waals surface area contributed by atoms with Gasteiger partial charge in [0.2, 0.25) is 0 Å². The van der Waals surface area contributed by atoms with Crippen LogP contribution in [0.15, 0.2) is 18.2 Å². The molecule has 0 amide bonds. The third-order valence-corrected chi connectivity index (χ3v) is 3.14. The molecule has 0 spiro atoms. The van der Waals surface area contributed by atoms with Crippen molar-refractivity contribution in [3.05, 3.63) is 29.3 Å². The summed E-state index contributed by atoms with van der Waals surface area (Å²) >= 11 is 0. The minimum absolute atomic E-state index is 0.719. The number of aryl methyl sites for hydroxylation is 1. The second-order valence-corrected chi connectivity index (χ2v) is 4.54. The van der Waals surface area contributed by atoms with Gasteiger partial charge in [-0.1, -0.05) is 6.07 Å². The third-order valence-electron chi connectivity index (χ3n) is 3.14. The molecule has 1 aliphatic heterocycles. The highest BCUT2D eigenvalue weighted by Gasteiger charge is 2.09. The van der Waals surface area contributed by atoms with Gasteiger partial charge in [-0.05, 0) is 24.6 Å². The summed E-state index contributed by atoms with van der Waals surface area (Å²) in [6.07, 6.45) is 0. The van der Waals surface area contributed by atoms with E-state index in [-0.39, 0.29) is 0 Å². The minimum Gasteiger partial charge on any atom is -0.383 e. The lowest BCUT2D eigenvalue weighted by molar-refractivity contribution is 0.0398. The van der Waals surface area contributed by atoms with Crippen molar-refractivity contribution in [2.75, 3.05) is 44.7 Å². The zero-order chi connectivity index (χ0) is 12.8. The first-order valence-corrected chi connectivity index (χ1v) is 6.34. The van der Waals surface area contributed by atoms with Crippen molar-refractivity contribution in [2.24, 2.45) is 0 Å². The number of rotatable bonds is 4. The Morgan fingerprint density at radius 3 is 2.89 bits per heavy atom. The summed E-state index contributed by atoms with van der Waals surface area (Å²) in [4.78, 5) is 2.37. The maximum absolute atomic E-state index is 9.07. The maximum Gasteiger partial charge on any atom is 0.101 e. The smallest absolute Gasteiger partial charge is 0.101 e. The van der Waals surface area contributed by atoms with Gasteiger partial charge in [0.15, 0.2) is 0 Å². The molecule has 1 saturated heterocycles. The molecule has 0 atom stereocenters. The number of hydrogen-bond donors (Lipinski definition) is 1. The van der Waals surface area contributed by atoms with Gasteiger partial charge < -0.3 is 10.1 Å². The second-order valence-electron chi connectivity index (χ2n) is 4.54. The Hall–Kier alpha value is -1.57. The van der Waals surface area contributed by atoms with Gasteiger partial charge in [-0.2, -0.15) is 5.26 Å².